The average Bonchev–Trinajstić information content (AvgIpc) is 2.57. The third kappa shape index (κ3) is 3.64. The van der Waals surface area contributed by atoms with Gasteiger partial charge in [-0.15, -0.1) is 0 Å². The molecule has 1 aliphatic heterocycles. The van der Waals surface area contributed by atoms with E-state index in [1.165, 1.54) is 12.4 Å². The van der Waals surface area contributed by atoms with Gasteiger partial charge in [-0.05, 0) is 12.3 Å². The van der Waals surface area contributed by atoms with E-state index >= 15 is 0 Å². The number of aromatic nitrogens is 2. The highest BCUT2D eigenvalue weighted by atomic mass is 35.5. The zero-order chi connectivity index (χ0) is 13.2. The van der Waals surface area contributed by atoms with Gasteiger partial charge >= 0.3 is 0 Å². The van der Waals surface area contributed by atoms with E-state index in [0.29, 0.717) is 12.2 Å². The fourth-order valence-corrected chi connectivity index (χ4v) is 3.90. The van der Waals surface area contributed by atoms with Crippen LogP contribution in [0.5, 0.6) is 0 Å². The molecule has 1 N–H and O–H groups in total. The molecule has 1 fully saturated rings. The zero-order valence-corrected chi connectivity index (χ0v) is 11.0. The van der Waals surface area contributed by atoms with Crippen molar-refractivity contribution in [3.05, 3.63) is 17.5 Å². The molecule has 1 atom stereocenters. The first-order valence-corrected chi connectivity index (χ1v) is 7.62. The van der Waals surface area contributed by atoms with Crippen LogP contribution in [0.1, 0.15) is 12.8 Å². The first-order valence-electron chi connectivity index (χ1n) is 5.42. The number of halogens is 1. The van der Waals surface area contributed by atoms with E-state index in [0.717, 1.165) is 0 Å². The van der Waals surface area contributed by atoms with Gasteiger partial charge in [-0.3, -0.25) is 4.79 Å². The Bertz CT molecular complexity index is 561. The molecule has 0 bridgehead atoms. The number of nitrogens with one attached hydrogen (secondary N) is 1. The summed E-state index contributed by atoms with van der Waals surface area (Å²) in [5.41, 5.74) is 0. The summed E-state index contributed by atoms with van der Waals surface area (Å²) in [6.07, 6.45) is 1.97. The second kappa shape index (κ2) is 5.19. The Morgan fingerprint density at radius 1 is 1.50 bits per heavy atom. The topological polar surface area (TPSA) is 89.0 Å². The number of hydrogen-bond donors (Lipinski definition) is 1. The minimum atomic E-state index is -2.95. The largest absolute Gasteiger partial charge is 0.311 e. The molecule has 0 spiro atoms. The standard InChI is InChI=1S/C10H12ClN3O3S/c11-8-4-9(13-6-12-8)14-10(15)3-7-1-2-18(16,17)5-7/h4,6-7H,1-3,5H2,(H,12,13,14,15). The van der Waals surface area contributed by atoms with E-state index < -0.39 is 9.84 Å². The van der Waals surface area contributed by atoms with E-state index in [4.69, 9.17) is 11.6 Å². The summed E-state index contributed by atoms with van der Waals surface area (Å²) < 4.78 is 22.5. The lowest BCUT2D eigenvalue weighted by molar-refractivity contribution is -0.116. The molecule has 1 saturated heterocycles. The van der Waals surface area contributed by atoms with Crippen LogP contribution in [0, 0.1) is 5.92 Å². The van der Waals surface area contributed by atoms with Crippen LogP contribution in [0.3, 0.4) is 0 Å². The fraction of sp³-hybridized carbons (Fsp3) is 0.500. The van der Waals surface area contributed by atoms with Crippen molar-refractivity contribution in [1.82, 2.24) is 9.97 Å². The molecule has 1 aromatic heterocycles. The molecule has 1 unspecified atom stereocenters. The number of sulfone groups is 1. The summed E-state index contributed by atoms with van der Waals surface area (Å²) in [6, 6.07) is 1.44. The van der Waals surface area contributed by atoms with Crippen LogP contribution in [0.2, 0.25) is 5.15 Å². The van der Waals surface area contributed by atoms with Crippen molar-refractivity contribution in [3.63, 3.8) is 0 Å². The van der Waals surface area contributed by atoms with Crippen molar-refractivity contribution in [2.24, 2.45) is 5.92 Å². The molecule has 6 nitrogen and oxygen atoms in total. The third-order valence-corrected chi connectivity index (χ3v) is 4.75. The highest BCUT2D eigenvalue weighted by molar-refractivity contribution is 7.91. The van der Waals surface area contributed by atoms with Gasteiger partial charge in [0.1, 0.15) is 17.3 Å². The normalized spacial score (nSPS) is 21.7. The molecule has 0 aromatic carbocycles. The first-order chi connectivity index (χ1) is 8.44. The second-order valence-corrected chi connectivity index (χ2v) is 6.86. The molecule has 0 aliphatic carbocycles. The SMILES string of the molecule is O=C(CC1CCS(=O)(=O)C1)Nc1cc(Cl)ncn1. The average molecular weight is 290 g/mol. The summed E-state index contributed by atoms with van der Waals surface area (Å²) in [6.45, 7) is 0. The Balaban J connectivity index is 1.90. The van der Waals surface area contributed by atoms with Gasteiger partial charge in [0.2, 0.25) is 5.91 Å². The molecule has 1 amide bonds. The van der Waals surface area contributed by atoms with Crippen molar-refractivity contribution in [2.75, 3.05) is 16.8 Å². The Hall–Kier alpha value is -1.21. The molecule has 1 aromatic rings. The summed E-state index contributed by atoms with van der Waals surface area (Å²) in [4.78, 5) is 19.2. The van der Waals surface area contributed by atoms with Crippen LogP contribution < -0.4 is 5.32 Å². The highest BCUT2D eigenvalue weighted by Crippen LogP contribution is 2.22. The predicted molar refractivity (Wildman–Crippen MR) is 67.0 cm³/mol. The van der Waals surface area contributed by atoms with Crippen molar-refractivity contribution < 1.29 is 13.2 Å². The number of rotatable bonds is 3. The van der Waals surface area contributed by atoms with Crippen LogP contribution in [0.15, 0.2) is 12.4 Å². The number of carbonyl (C=O) groups is 1. The minimum absolute atomic E-state index is 0.0882. The van der Waals surface area contributed by atoms with E-state index in [2.05, 4.69) is 15.3 Å². The maximum atomic E-state index is 11.7. The van der Waals surface area contributed by atoms with Crippen molar-refractivity contribution in [3.8, 4) is 0 Å². The van der Waals surface area contributed by atoms with Crippen LogP contribution in [-0.4, -0.2) is 35.8 Å². The molecular weight excluding hydrogens is 278 g/mol. The molecule has 0 saturated carbocycles. The fourth-order valence-electron chi connectivity index (χ4n) is 1.89. The number of hydrogen-bond acceptors (Lipinski definition) is 5. The van der Waals surface area contributed by atoms with Gasteiger partial charge in [0.25, 0.3) is 0 Å². The van der Waals surface area contributed by atoms with Crippen molar-refractivity contribution in [1.29, 1.82) is 0 Å². The van der Waals surface area contributed by atoms with Gasteiger partial charge in [-0.25, -0.2) is 18.4 Å². The molecule has 8 heteroatoms. The highest BCUT2D eigenvalue weighted by Gasteiger charge is 2.29. The maximum Gasteiger partial charge on any atom is 0.225 e. The van der Waals surface area contributed by atoms with Crippen LogP contribution in [0.25, 0.3) is 0 Å². The molecule has 1 aliphatic rings. The summed E-state index contributed by atoms with van der Waals surface area (Å²) in [5, 5.41) is 2.81. The van der Waals surface area contributed by atoms with Crippen molar-refractivity contribution >= 4 is 33.2 Å². The Morgan fingerprint density at radius 3 is 2.89 bits per heavy atom. The second-order valence-electron chi connectivity index (χ2n) is 4.25. The Morgan fingerprint density at radius 2 is 2.28 bits per heavy atom. The number of amides is 1. The first kappa shape index (κ1) is 13.2. The summed E-state index contributed by atoms with van der Waals surface area (Å²) in [7, 11) is -2.95. The summed E-state index contributed by atoms with van der Waals surface area (Å²) >= 11 is 5.65. The van der Waals surface area contributed by atoms with E-state index in [9.17, 15) is 13.2 Å². The number of carbonyl (C=O) groups excluding carboxylic acids is 1. The lowest BCUT2D eigenvalue weighted by Gasteiger charge is -2.07. The van der Waals surface area contributed by atoms with Crippen LogP contribution in [0.4, 0.5) is 5.82 Å². The molecule has 0 radical (unpaired) electrons. The van der Waals surface area contributed by atoms with E-state index in [-0.39, 0.29) is 34.9 Å². The zero-order valence-electron chi connectivity index (χ0n) is 9.47. The molecule has 2 rings (SSSR count). The monoisotopic (exact) mass is 289 g/mol. The third-order valence-electron chi connectivity index (χ3n) is 2.70. The van der Waals surface area contributed by atoms with Crippen LogP contribution in [-0.2, 0) is 14.6 Å². The lowest BCUT2D eigenvalue weighted by atomic mass is 10.1. The van der Waals surface area contributed by atoms with E-state index in [1.54, 1.807) is 0 Å². The molecule has 2 heterocycles. The van der Waals surface area contributed by atoms with Gasteiger partial charge in [-0.1, -0.05) is 11.6 Å². The minimum Gasteiger partial charge on any atom is -0.311 e. The Kier molecular flexibility index (Phi) is 3.82. The maximum absolute atomic E-state index is 11.7. The van der Waals surface area contributed by atoms with Gasteiger partial charge in [-0.2, -0.15) is 0 Å². The quantitative estimate of drug-likeness (QED) is 0.835. The molecule has 18 heavy (non-hydrogen) atoms. The van der Waals surface area contributed by atoms with Gasteiger partial charge in [0.15, 0.2) is 9.84 Å². The van der Waals surface area contributed by atoms with Gasteiger partial charge < -0.3 is 5.32 Å². The van der Waals surface area contributed by atoms with E-state index in [1.807, 2.05) is 0 Å². The summed E-state index contributed by atoms with van der Waals surface area (Å²) in [5.74, 6) is 0.218. The van der Waals surface area contributed by atoms with Crippen molar-refractivity contribution in [2.45, 2.75) is 12.8 Å². The molecular formula is C10H12ClN3O3S. The number of anilines is 1. The number of nitrogens with zero attached hydrogens (tertiary/aromatic N) is 2. The van der Waals surface area contributed by atoms with Crippen LogP contribution >= 0.6 is 11.6 Å². The molecule has 98 valence electrons. The van der Waals surface area contributed by atoms with Gasteiger partial charge in [0.05, 0.1) is 11.5 Å². The predicted octanol–water partition coefficient (Wildman–Crippen LogP) is 0.893. The Labute approximate surface area is 110 Å². The lowest BCUT2D eigenvalue weighted by Crippen LogP contribution is -2.18. The smallest absolute Gasteiger partial charge is 0.225 e. The van der Waals surface area contributed by atoms with Gasteiger partial charge in [0, 0.05) is 12.5 Å².